The third kappa shape index (κ3) is 5.87. The van der Waals surface area contributed by atoms with Crippen LogP contribution in [-0.2, 0) is 6.42 Å². The zero-order chi connectivity index (χ0) is 27.6. The lowest BCUT2D eigenvalue weighted by molar-refractivity contribution is -0.0377. The number of ether oxygens (including phenoxy) is 1. The van der Waals surface area contributed by atoms with Crippen LogP contribution in [0.2, 0.25) is 0 Å². The molecule has 3 aromatic carbocycles. The second-order valence-electron chi connectivity index (χ2n) is 10.7. The molecule has 0 amide bonds. The van der Waals surface area contributed by atoms with Gasteiger partial charge < -0.3 is 9.84 Å². The number of fused-ring (bicyclic) bond motifs is 1. The van der Waals surface area contributed by atoms with Gasteiger partial charge in [-0.2, -0.15) is 0 Å². The molecular weight excluding hydrogens is 502 g/mol. The van der Waals surface area contributed by atoms with E-state index < -0.39 is 12.3 Å². The van der Waals surface area contributed by atoms with Gasteiger partial charge in [0.2, 0.25) is 0 Å². The summed E-state index contributed by atoms with van der Waals surface area (Å²) >= 11 is 0. The van der Waals surface area contributed by atoms with Gasteiger partial charge in [-0.3, -0.25) is 14.2 Å². The Hall–Kier alpha value is -3.23. The largest absolute Gasteiger partial charge is 0.489 e. The molecule has 0 saturated carbocycles. The predicted octanol–water partition coefficient (Wildman–Crippen LogP) is 5.78. The van der Waals surface area contributed by atoms with Gasteiger partial charge in [0.15, 0.2) is 13.6 Å². The van der Waals surface area contributed by atoms with E-state index in [2.05, 4.69) is 4.94 Å². The molecule has 4 nitrogen and oxygen atoms in total. The quantitative estimate of drug-likeness (QED) is 0.371. The molecule has 1 aliphatic heterocycles. The number of hydrogen-bond donors (Lipinski definition) is 1. The van der Waals surface area contributed by atoms with Crippen molar-refractivity contribution in [2.75, 3.05) is 19.8 Å². The molecule has 1 unspecified atom stereocenters. The monoisotopic (exact) mass is 535 g/mol. The van der Waals surface area contributed by atoms with E-state index in [1.54, 1.807) is 26.0 Å². The van der Waals surface area contributed by atoms with Crippen LogP contribution in [0, 0.1) is 12.7 Å². The van der Waals surface area contributed by atoms with Gasteiger partial charge in [-0.25, -0.2) is 4.39 Å². The van der Waals surface area contributed by atoms with Crippen LogP contribution in [0.25, 0.3) is 11.1 Å². The molecule has 0 radical (unpaired) electrons. The molecule has 1 saturated heterocycles. The Bertz CT molecular complexity index is 1360. The van der Waals surface area contributed by atoms with Crippen LogP contribution in [0.1, 0.15) is 53.5 Å². The van der Waals surface area contributed by atoms with Gasteiger partial charge in [-0.1, -0.05) is 30.3 Å². The molecule has 2 atom stereocenters. The van der Waals surface area contributed by atoms with Crippen LogP contribution in [0.4, 0.5) is 13.3 Å². The SMILES string of the molecule is BC(O)(CCF)N1CC[C@H](Oc2ccc(C3=C(c4ccc(C)cc4F)CCCc4cc(OF)ccc43)cc2)C1. The van der Waals surface area contributed by atoms with Gasteiger partial charge in [-0.15, -0.1) is 0 Å². The summed E-state index contributed by atoms with van der Waals surface area (Å²) < 4.78 is 47.3. The number of halogens is 3. The summed E-state index contributed by atoms with van der Waals surface area (Å²) in [6.07, 6.45) is 2.87. The Morgan fingerprint density at radius 3 is 2.49 bits per heavy atom. The van der Waals surface area contributed by atoms with Crippen molar-refractivity contribution in [2.24, 2.45) is 0 Å². The van der Waals surface area contributed by atoms with Gasteiger partial charge >= 0.3 is 0 Å². The van der Waals surface area contributed by atoms with Crippen molar-refractivity contribution in [1.29, 1.82) is 0 Å². The Morgan fingerprint density at radius 2 is 1.77 bits per heavy atom. The van der Waals surface area contributed by atoms with E-state index >= 15 is 4.39 Å². The van der Waals surface area contributed by atoms with E-state index in [9.17, 15) is 14.0 Å². The average molecular weight is 535 g/mol. The molecule has 39 heavy (non-hydrogen) atoms. The molecule has 0 aromatic heterocycles. The van der Waals surface area contributed by atoms with Crippen molar-refractivity contribution in [2.45, 2.75) is 50.8 Å². The van der Waals surface area contributed by atoms with Gasteiger partial charge in [0.05, 0.1) is 12.3 Å². The maximum atomic E-state index is 15.2. The zero-order valence-corrected chi connectivity index (χ0v) is 22.4. The molecular formula is C31H33BF3NO3. The van der Waals surface area contributed by atoms with Crippen molar-refractivity contribution in [1.82, 2.24) is 4.90 Å². The Balaban J connectivity index is 1.48. The third-order valence-electron chi connectivity index (χ3n) is 7.90. The Kier molecular flexibility index (Phi) is 8.05. The molecule has 5 rings (SSSR count). The fraction of sp³-hybridized carbons (Fsp3) is 0.355. The molecule has 1 N–H and O–H groups in total. The van der Waals surface area contributed by atoms with Crippen molar-refractivity contribution in [3.05, 3.63) is 94.3 Å². The van der Waals surface area contributed by atoms with Crippen molar-refractivity contribution >= 4 is 19.0 Å². The predicted molar refractivity (Wildman–Crippen MR) is 149 cm³/mol. The van der Waals surface area contributed by atoms with E-state index in [-0.39, 0.29) is 24.1 Å². The van der Waals surface area contributed by atoms with Gasteiger partial charge in [0.1, 0.15) is 17.7 Å². The molecule has 1 aliphatic carbocycles. The van der Waals surface area contributed by atoms with Crippen molar-refractivity contribution in [3.63, 3.8) is 0 Å². The van der Waals surface area contributed by atoms with E-state index in [1.807, 2.05) is 54.3 Å². The first-order valence-electron chi connectivity index (χ1n) is 13.5. The van der Waals surface area contributed by atoms with Crippen LogP contribution >= 0.6 is 0 Å². The van der Waals surface area contributed by atoms with Crippen LogP contribution < -0.4 is 9.68 Å². The standard InChI is InChI=1S/C31H33BF3NO3/c1-20-5-11-27(29(34)17-20)28-4-2-3-22-18-24(39-35)10-12-26(22)30(28)21-6-8-23(9-7-21)38-25-13-16-36(19-25)31(32,37)14-15-33/h5-12,17-18,25,37H,2-4,13-16,19,32H2,1H3/t25-,31?/m0/s1. The molecule has 1 heterocycles. The maximum Gasteiger partial charge on any atom is 0.172 e. The maximum absolute atomic E-state index is 15.2. The summed E-state index contributed by atoms with van der Waals surface area (Å²) in [5, 5.41) is 10.5. The number of benzene rings is 3. The highest BCUT2D eigenvalue weighted by Crippen LogP contribution is 2.42. The highest BCUT2D eigenvalue weighted by Gasteiger charge is 2.35. The smallest absolute Gasteiger partial charge is 0.172 e. The summed E-state index contributed by atoms with van der Waals surface area (Å²) in [6.45, 7) is 2.44. The Morgan fingerprint density at radius 1 is 1.03 bits per heavy atom. The van der Waals surface area contributed by atoms with Gasteiger partial charge in [0, 0.05) is 29.6 Å². The van der Waals surface area contributed by atoms with Gasteiger partial charge in [0.25, 0.3) is 0 Å². The molecule has 2 aliphatic rings. The minimum atomic E-state index is -1.19. The lowest BCUT2D eigenvalue weighted by Crippen LogP contribution is -2.49. The Labute approximate surface area is 228 Å². The molecule has 3 aromatic rings. The minimum Gasteiger partial charge on any atom is -0.489 e. The second-order valence-corrected chi connectivity index (χ2v) is 10.7. The summed E-state index contributed by atoms with van der Waals surface area (Å²) in [5.41, 5.74) is 4.86. The first kappa shape index (κ1) is 27.3. The number of alkyl halides is 1. The highest BCUT2D eigenvalue weighted by molar-refractivity contribution is 6.13. The molecule has 8 heteroatoms. The molecule has 204 valence electrons. The lowest BCUT2D eigenvalue weighted by atomic mass is 9.86. The lowest BCUT2D eigenvalue weighted by Gasteiger charge is -2.33. The molecule has 1 fully saturated rings. The fourth-order valence-electron chi connectivity index (χ4n) is 5.77. The van der Waals surface area contributed by atoms with Crippen LogP contribution in [0.5, 0.6) is 11.5 Å². The van der Waals surface area contributed by atoms with E-state index in [4.69, 9.17) is 4.74 Å². The fourth-order valence-corrected chi connectivity index (χ4v) is 5.77. The van der Waals surface area contributed by atoms with Crippen LogP contribution in [0.3, 0.4) is 0 Å². The summed E-state index contributed by atoms with van der Waals surface area (Å²) in [7, 11) is 1.64. The second kappa shape index (κ2) is 11.5. The zero-order valence-electron chi connectivity index (χ0n) is 22.4. The van der Waals surface area contributed by atoms with Crippen molar-refractivity contribution in [3.8, 4) is 11.5 Å². The number of rotatable bonds is 8. The number of aliphatic hydroxyl groups is 1. The van der Waals surface area contributed by atoms with Crippen LogP contribution in [-0.4, -0.2) is 49.3 Å². The summed E-state index contributed by atoms with van der Waals surface area (Å²) in [5.74, 6) is 0.580. The topological polar surface area (TPSA) is 41.9 Å². The first-order chi connectivity index (χ1) is 18.8. The van der Waals surface area contributed by atoms with Gasteiger partial charge in [-0.05, 0) is 96.3 Å². The van der Waals surface area contributed by atoms with E-state index in [0.717, 1.165) is 52.7 Å². The minimum absolute atomic E-state index is 0.0634. The van der Waals surface area contributed by atoms with Crippen LogP contribution in [0.15, 0.2) is 60.7 Å². The van der Waals surface area contributed by atoms with E-state index in [0.29, 0.717) is 30.8 Å². The summed E-state index contributed by atoms with van der Waals surface area (Å²) in [4.78, 5) is 5.85. The van der Waals surface area contributed by atoms with E-state index in [1.165, 1.54) is 0 Å². The van der Waals surface area contributed by atoms with Crippen molar-refractivity contribution < 1.29 is 28.1 Å². The normalized spacial score (nSPS) is 19.4. The number of hydrogen-bond acceptors (Lipinski definition) is 4. The number of likely N-dealkylation sites (tertiary alicyclic amines) is 1. The first-order valence-corrected chi connectivity index (χ1v) is 13.5. The number of allylic oxidation sites excluding steroid dienone is 1. The average Bonchev–Trinajstić information content (AvgIpc) is 3.31. The number of aryl methyl sites for hydroxylation is 2. The molecule has 0 spiro atoms. The third-order valence-corrected chi connectivity index (χ3v) is 7.90. The molecule has 0 bridgehead atoms. The number of nitrogens with zero attached hydrogens (tertiary/aromatic N) is 1. The summed E-state index contributed by atoms with van der Waals surface area (Å²) in [6, 6.07) is 18.2. The highest BCUT2D eigenvalue weighted by atomic mass is 19.3.